The third kappa shape index (κ3) is 3.75. The summed E-state index contributed by atoms with van der Waals surface area (Å²) in [5.41, 5.74) is 1.82. The van der Waals surface area contributed by atoms with Gasteiger partial charge in [-0.2, -0.15) is 5.10 Å². The van der Waals surface area contributed by atoms with Crippen molar-refractivity contribution in [1.29, 1.82) is 0 Å². The fourth-order valence-corrected chi connectivity index (χ4v) is 3.35. The molecule has 3 rings (SSSR count). The molecule has 5 nitrogen and oxygen atoms in total. The quantitative estimate of drug-likeness (QED) is 0.655. The smallest absolute Gasteiger partial charge is 0.275 e. The third-order valence-electron chi connectivity index (χ3n) is 4.11. The second-order valence-electron chi connectivity index (χ2n) is 6.05. The number of hydrogen-bond acceptors (Lipinski definition) is 4. The van der Waals surface area contributed by atoms with Crippen molar-refractivity contribution in [3.63, 3.8) is 0 Å². The topological polar surface area (TPSA) is 47.4 Å². The maximum atomic E-state index is 12.7. The molecule has 130 valence electrons. The second-order valence-corrected chi connectivity index (χ2v) is 6.96. The van der Waals surface area contributed by atoms with Crippen molar-refractivity contribution in [2.75, 3.05) is 14.2 Å². The van der Waals surface area contributed by atoms with E-state index in [-0.39, 0.29) is 5.56 Å². The molecule has 0 saturated heterocycles. The standard InChI is InChI=1S/C19H20BrN3O2/c1-13-16-6-4-5-7-17(16)19(24)23(21-13)12-22(2)11-14-10-15(20)8-9-18(14)25-3/h4-10H,11-12H2,1-3H3. The molecular weight excluding hydrogens is 382 g/mol. The molecule has 0 spiro atoms. The second kappa shape index (κ2) is 7.37. The molecule has 2 aromatic carbocycles. The predicted octanol–water partition coefficient (Wildman–Crippen LogP) is 3.57. The Morgan fingerprint density at radius 1 is 1.20 bits per heavy atom. The summed E-state index contributed by atoms with van der Waals surface area (Å²) in [4.78, 5) is 14.7. The van der Waals surface area contributed by atoms with Gasteiger partial charge in [0.2, 0.25) is 0 Å². The van der Waals surface area contributed by atoms with Crippen molar-refractivity contribution in [2.45, 2.75) is 20.1 Å². The molecule has 1 heterocycles. The van der Waals surface area contributed by atoms with Gasteiger partial charge in [0, 0.05) is 22.0 Å². The van der Waals surface area contributed by atoms with E-state index >= 15 is 0 Å². The normalized spacial score (nSPS) is 11.2. The van der Waals surface area contributed by atoms with Crippen LogP contribution in [0.4, 0.5) is 0 Å². The molecule has 0 aliphatic rings. The van der Waals surface area contributed by atoms with Crippen molar-refractivity contribution in [3.05, 3.63) is 68.5 Å². The molecule has 1 aromatic heterocycles. The minimum atomic E-state index is -0.0748. The molecule has 6 heteroatoms. The van der Waals surface area contributed by atoms with E-state index in [0.717, 1.165) is 26.9 Å². The molecule has 0 fully saturated rings. The van der Waals surface area contributed by atoms with Crippen LogP contribution in [0.1, 0.15) is 11.3 Å². The molecule has 0 N–H and O–H groups in total. The zero-order valence-corrected chi connectivity index (χ0v) is 16.1. The van der Waals surface area contributed by atoms with E-state index in [1.54, 1.807) is 7.11 Å². The maximum absolute atomic E-state index is 12.7. The number of rotatable bonds is 5. The molecule has 0 saturated carbocycles. The zero-order valence-electron chi connectivity index (χ0n) is 14.5. The van der Waals surface area contributed by atoms with Gasteiger partial charge in [0.05, 0.1) is 24.9 Å². The van der Waals surface area contributed by atoms with Crippen LogP contribution in [0.25, 0.3) is 10.8 Å². The van der Waals surface area contributed by atoms with Crippen molar-refractivity contribution < 1.29 is 4.74 Å². The molecular formula is C19H20BrN3O2. The van der Waals surface area contributed by atoms with E-state index in [0.29, 0.717) is 18.6 Å². The van der Waals surface area contributed by atoms with Crippen LogP contribution >= 0.6 is 15.9 Å². The molecule has 0 amide bonds. The highest BCUT2D eigenvalue weighted by atomic mass is 79.9. The van der Waals surface area contributed by atoms with Gasteiger partial charge in [0.1, 0.15) is 5.75 Å². The van der Waals surface area contributed by atoms with Crippen LogP contribution < -0.4 is 10.3 Å². The summed E-state index contributed by atoms with van der Waals surface area (Å²) >= 11 is 3.49. The van der Waals surface area contributed by atoms with Gasteiger partial charge in [0.15, 0.2) is 0 Å². The highest BCUT2D eigenvalue weighted by molar-refractivity contribution is 9.10. The Bertz CT molecular complexity index is 969. The average Bonchev–Trinajstić information content (AvgIpc) is 2.59. The van der Waals surface area contributed by atoms with Crippen LogP contribution in [0.3, 0.4) is 0 Å². The van der Waals surface area contributed by atoms with Crippen LogP contribution in [-0.2, 0) is 13.2 Å². The highest BCUT2D eigenvalue weighted by Gasteiger charge is 2.11. The molecule has 0 aliphatic carbocycles. The average molecular weight is 402 g/mol. The largest absolute Gasteiger partial charge is 0.496 e. The van der Waals surface area contributed by atoms with Gasteiger partial charge < -0.3 is 4.74 Å². The first-order chi connectivity index (χ1) is 12.0. The fraction of sp³-hybridized carbons (Fsp3) is 0.263. The Labute approximate surface area is 155 Å². The summed E-state index contributed by atoms with van der Waals surface area (Å²) in [7, 11) is 3.62. The van der Waals surface area contributed by atoms with Crippen molar-refractivity contribution in [1.82, 2.24) is 14.7 Å². The molecule has 0 radical (unpaired) electrons. The van der Waals surface area contributed by atoms with Crippen LogP contribution in [0, 0.1) is 6.92 Å². The van der Waals surface area contributed by atoms with E-state index in [9.17, 15) is 4.79 Å². The number of ether oxygens (including phenoxy) is 1. The van der Waals surface area contributed by atoms with Crippen LogP contribution in [-0.4, -0.2) is 28.8 Å². The number of aryl methyl sites for hydroxylation is 1. The monoisotopic (exact) mass is 401 g/mol. The number of hydrogen-bond donors (Lipinski definition) is 0. The van der Waals surface area contributed by atoms with Gasteiger partial charge in [-0.15, -0.1) is 0 Å². The summed E-state index contributed by atoms with van der Waals surface area (Å²) in [6.07, 6.45) is 0. The van der Waals surface area contributed by atoms with Gasteiger partial charge in [-0.3, -0.25) is 9.69 Å². The predicted molar refractivity (Wildman–Crippen MR) is 103 cm³/mol. The number of fused-ring (bicyclic) bond motifs is 1. The molecule has 0 bridgehead atoms. The Morgan fingerprint density at radius 3 is 2.64 bits per heavy atom. The van der Waals surface area contributed by atoms with Gasteiger partial charge in [-0.25, -0.2) is 4.68 Å². The summed E-state index contributed by atoms with van der Waals surface area (Å²) in [5, 5.41) is 6.07. The molecule has 0 aliphatic heterocycles. The zero-order chi connectivity index (χ0) is 18.0. The van der Waals surface area contributed by atoms with E-state index in [1.807, 2.05) is 61.3 Å². The molecule has 0 unspecified atom stereocenters. The van der Waals surface area contributed by atoms with E-state index in [2.05, 4.69) is 21.0 Å². The molecule has 25 heavy (non-hydrogen) atoms. The van der Waals surface area contributed by atoms with Gasteiger partial charge >= 0.3 is 0 Å². The lowest BCUT2D eigenvalue weighted by Gasteiger charge is -2.19. The fourth-order valence-electron chi connectivity index (χ4n) is 2.94. The van der Waals surface area contributed by atoms with Crippen molar-refractivity contribution in [3.8, 4) is 5.75 Å². The molecule has 0 atom stereocenters. The van der Waals surface area contributed by atoms with E-state index in [1.165, 1.54) is 4.68 Å². The lowest BCUT2D eigenvalue weighted by Crippen LogP contribution is -2.32. The first-order valence-corrected chi connectivity index (χ1v) is 8.76. The number of methoxy groups -OCH3 is 1. The summed E-state index contributed by atoms with van der Waals surface area (Å²) in [6, 6.07) is 13.5. The Balaban J connectivity index is 1.88. The number of halogens is 1. The van der Waals surface area contributed by atoms with Crippen molar-refractivity contribution >= 4 is 26.7 Å². The van der Waals surface area contributed by atoms with Crippen LogP contribution in [0.2, 0.25) is 0 Å². The SMILES string of the molecule is COc1ccc(Br)cc1CN(C)Cn1nc(C)c2ccccc2c1=O. The Kier molecular flexibility index (Phi) is 5.20. The summed E-state index contributed by atoms with van der Waals surface area (Å²) < 4.78 is 7.93. The van der Waals surface area contributed by atoms with Gasteiger partial charge in [0.25, 0.3) is 5.56 Å². The Morgan fingerprint density at radius 2 is 1.92 bits per heavy atom. The van der Waals surface area contributed by atoms with Crippen LogP contribution in [0.5, 0.6) is 5.75 Å². The first kappa shape index (κ1) is 17.6. The minimum absolute atomic E-state index is 0.0748. The Hall–Kier alpha value is -2.18. The maximum Gasteiger partial charge on any atom is 0.275 e. The highest BCUT2D eigenvalue weighted by Crippen LogP contribution is 2.24. The minimum Gasteiger partial charge on any atom is -0.496 e. The third-order valence-corrected chi connectivity index (χ3v) is 4.60. The van der Waals surface area contributed by atoms with Crippen LogP contribution in [0.15, 0.2) is 51.7 Å². The lowest BCUT2D eigenvalue weighted by atomic mass is 10.1. The first-order valence-electron chi connectivity index (χ1n) is 7.97. The van der Waals surface area contributed by atoms with Crippen molar-refractivity contribution in [2.24, 2.45) is 0 Å². The number of aromatic nitrogens is 2. The number of benzene rings is 2. The molecule has 3 aromatic rings. The van der Waals surface area contributed by atoms with Gasteiger partial charge in [-0.05, 0) is 38.2 Å². The lowest BCUT2D eigenvalue weighted by molar-refractivity contribution is 0.237. The van der Waals surface area contributed by atoms with E-state index in [4.69, 9.17) is 4.74 Å². The summed E-state index contributed by atoms with van der Waals surface area (Å²) in [5.74, 6) is 0.824. The number of nitrogens with zero attached hydrogens (tertiary/aromatic N) is 3. The van der Waals surface area contributed by atoms with Gasteiger partial charge in [-0.1, -0.05) is 34.1 Å². The summed E-state index contributed by atoms with van der Waals surface area (Å²) in [6.45, 7) is 2.97. The van der Waals surface area contributed by atoms with E-state index < -0.39 is 0 Å².